The van der Waals surface area contributed by atoms with Gasteiger partial charge in [-0.2, -0.15) is 4.98 Å². The number of nitrogens with one attached hydrogen (secondary N) is 1. The van der Waals surface area contributed by atoms with Gasteiger partial charge < -0.3 is 15.5 Å². The third-order valence-corrected chi connectivity index (χ3v) is 6.41. The van der Waals surface area contributed by atoms with Crippen molar-refractivity contribution in [1.82, 2.24) is 20.2 Å². The van der Waals surface area contributed by atoms with Crippen LogP contribution in [0.1, 0.15) is 36.1 Å². The fourth-order valence-electron chi connectivity index (χ4n) is 4.87. The van der Waals surface area contributed by atoms with Gasteiger partial charge in [0.1, 0.15) is 11.4 Å². The minimum absolute atomic E-state index is 0.189. The molecule has 3 heterocycles. The van der Waals surface area contributed by atoms with Gasteiger partial charge in [0.05, 0.1) is 5.69 Å². The molecule has 2 aromatic rings. The topological polar surface area (TPSA) is 104 Å². The molecular weight excluding hydrogens is 368 g/mol. The number of rotatable bonds is 3. The summed E-state index contributed by atoms with van der Waals surface area (Å²) in [6.45, 7) is 1.72. The van der Waals surface area contributed by atoms with Crippen molar-refractivity contribution in [3.63, 3.8) is 0 Å². The first-order chi connectivity index (χ1) is 14.1. The van der Waals surface area contributed by atoms with Gasteiger partial charge in [-0.3, -0.25) is 10.1 Å². The Morgan fingerprint density at radius 3 is 2.59 bits per heavy atom. The molecule has 150 valence electrons. The lowest BCUT2D eigenvalue weighted by Gasteiger charge is -2.43. The molecule has 8 nitrogen and oxygen atoms in total. The molecule has 0 saturated carbocycles. The Bertz CT molecular complexity index is 969. The van der Waals surface area contributed by atoms with Gasteiger partial charge in [0.25, 0.3) is 5.91 Å². The molecule has 1 spiro atoms. The number of amides is 3. The molecule has 2 aliphatic heterocycles. The number of carbonyl (C=O) groups excluding carboxylic acids is 2. The largest absolute Gasteiger partial charge is 0.368 e. The first-order valence-electron chi connectivity index (χ1n) is 10.1. The molecule has 3 amide bonds. The summed E-state index contributed by atoms with van der Waals surface area (Å²) in [7, 11) is 0. The Labute approximate surface area is 169 Å². The quantitative estimate of drug-likeness (QED) is 0.770. The second kappa shape index (κ2) is 6.72. The molecule has 1 aliphatic carbocycles. The number of aryl methyl sites for hydroxylation is 1. The van der Waals surface area contributed by atoms with Gasteiger partial charge in [-0.05, 0) is 37.7 Å². The van der Waals surface area contributed by atoms with Crippen molar-refractivity contribution in [2.24, 2.45) is 0 Å². The third-order valence-electron chi connectivity index (χ3n) is 6.41. The molecule has 0 unspecified atom stereocenters. The lowest BCUT2D eigenvalue weighted by Crippen LogP contribution is -2.56. The Morgan fingerprint density at radius 2 is 1.83 bits per heavy atom. The molecule has 3 aliphatic rings. The van der Waals surface area contributed by atoms with Gasteiger partial charge in [-0.25, -0.2) is 9.78 Å². The van der Waals surface area contributed by atoms with Crippen LogP contribution in [0.25, 0.3) is 0 Å². The zero-order chi connectivity index (χ0) is 20.0. The van der Waals surface area contributed by atoms with Crippen molar-refractivity contribution in [3.05, 3.63) is 47.2 Å². The molecule has 8 heteroatoms. The zero-order valence-electron chi connectivity index (χ0n) is 16.2. The van der Waals surface area contributed by atoms with E-state index in [0.29, 0.717) is 38.4 Å². The Hall–Kier alpha value is -3.16. The van der Waals surface area contributed by atoms with Crippen LogP contribution in [0.2, 0.25) is 0 Å². The molecule has 5 rings (SSSR count). The van der Waals surface area contributed by atoms with Crippen molar-refractivity contribution >= 4 is 23.7 Å². The van der Waals surface area contributed by atoms with E-state index in [0.717, 1.165) is 36.3 Å². The molecule has 2 saturated heterocycles. The minimum Gasteiger partial charge on any atom is -0.368 e. The van der Waals surface area contributed by atoms with Crippen LogP contribution < -0.4 is 16.0 Å². The van der Waals surface area contributed by atoms with E-state index in [4.69, 9.17) is 5.73 Å². The second-order valence-corrected chi connectivity index (χ2v) is 8.03. The van der Waals surface area contributed by atoms with E-state index in [1.54, 1.807) is 4.90 Å². The van der Waals surface area contributed by atoms with E-state index in [1.165, 1.54) is 5.56 Å². The van der Waals surface area contributed by atoms with Gasteiger partial charge in [0.2, 0.25) is 5.95 Å². The predicted octanol–water partition coefficient (Wildman–Crippen LogP) is 1.64. The Kier molecular flexibility index (Phi) is 4.15. The molecule has 3 N–H and O–H groups in total. The molecule has 1 aromatic carbocycles. The maximum atomic E-state index is 12.8. The van der Waals surface area contributed by atoms with Gasteiger partial charge in [0.15, 0.2) is 0 Å². The minimum atomic E-state index is -0.800. The molecule has 0 bridgehead atoms. The highest BCUT2D eigenvalue weighted by Gasteiger charge is 2.54. The number of fused-ring (bicyclic) bond motifs is 1. The van der Waals surface area contributed by atoms with Crippen LogP contribution in [0.4, 0.5) is 16.6 Å². The van der Waals surface area contributed by atoms with Crippen LogP contribution in [0, 0.1) is 0 Å². The number of hydrogen-bond donors (Lipinski definition) is 2. The van der Waals surface area contributed by atoms with Gasteiger partial charge in [-0.1, -0.05) is 30.3 Å². The predicted molar refractivity (Wildman–Crippen MR) is 108 cm³/mol. The first kappa shape index (κ1) is 17.9. The number of aromatic nitrogens is 2. The summed E-state index contributed by atoms with van der Waals surface area (Å²) in [6, 6.07) is 9.48. The molecule has 1 aromatic heterocycles. The Morgan fingerprint density at radius 1 is 1.07 bits per heavy atom. The summed E-state index contributed by atoms with van der Waals surface area (Å²) in [6.07, 6.45) is 4.10. The number of piperidine rings is 1. The number of nitrogen functional groups attached to an aromatic ring is 1. The van der Waals surface area contributed by atoms with Crippen molar-refractivity contribution in [2.75, 3.05) is 23.7 Å². The number of anilines is 2. The number of urea groups is 1. The molecule has 2 fully saturated rings. The average Bonchev–Trinajstić information content (AvgIpc) is 3.28. The highest BCUT2D eigenvalue weighted by atomic mass is 16.2. The van der Waals surface area contributed by atoms with E-state index in [2.05, 4.69) is 20.2 Å². The van der Waals surface area contributed by atoms with E-state index in [1.807, 2.05) is 30.3 Å². The average molecular weight is 392 g/mol. The van der Waals surface area contributed by atoms with Crippen LogP contribution in [0.15, 0.2) is 30.3 Å². The molecular formula is C21H24N6O2. The monoisotopic (exact) mass is 392 g/mol. The fourth-order valence-corrected chi connectivity index (χ4v) is 4.87. The van der Waals surface area contributed by atoms with E-state index >= 15 is 0 Å². The highest BCUT2D eigenvalue weighted by molar-refractivity contribution is 6.07. The summed E-state index contributed by atoms with van der Waals surface area (Å²) in [5.74, 6) is 1.02. The third kappa shape index (κ3) is 2.90. The molecule has 29 heavy (non-hydrogen) atoms. The van der Waals surface area contributed by atoms with Crippen molar-refractivity contribution < 1.29 is 9.59 Å². The summed E-state index contributed by atoms with van der Waals surface area (Å²) >= 11 is 0. The van der Waals surface area contributed by atoms with Crippen LogP contribution in [-0.4, -0.2) is 45.4 Å². The summed E-state index contributed by atoms with van der Waals surface area (Å²) in [5, 5.41) is 2.54. The number of nitrogens with zero attached hydrogens (tertiary/aromatic N) is 4. The maximum Gasteiger partial charge on any atom is 0.325 e. The van der Waals surface area contributed by atoms with Gasteiger partial charge >= 0.3 is 6.03 Å². The number of benzene rings is 1. The van der Waals surface area contributed by atoms with E-state index in [-0.39, 0.29) is 11.9 Å². The number of carbonyl (C=O) groups is 2. The van der Waals surface area contributed by atoms with E-state index < -0.39 is 5.54 Å². The van der Waals surface area contributed by atoms with Crippen LogP contribution in [-0.2, 0) is 24.2 Å². The lowest BCUT2D eigenvalue weighted by atomic mass is 9.85. The lowest BCUT2D eigenvalue weighted by molar-refractivity contribution is -0.127. The number of hydrogen-bond acceptors (Lipinski definition) is 6. The summed E-state index contributed by atoms with van der Waals surface area (Å²) < 4.78 is 0. The smallest absolute Gasteiger partial charge is 0.325 e. The van der Waals surface area contributed by atoms with Crippen molar-refractivity contribution in [3.8, 4) is 0 Å². The zero-order valence-corrected chi connectivity index (χ0v) is 16.2. The van der Waals surface area contributed by atoms with Crippen LogP contribution in [0.3, 0.4) is 0 Å². The highest BCUT2D eigenvalue weighted by Crippen LogP contribution is 2.37. The normalized spacial score (nSPS) is 20.3. The van der Waals surface area contributed by atoms with Crippen molar-refractivity contribution in [1.29, 1.82) is 0 Å². The summed E-state index contributed by atoms with van der Waals surface area (Å²) in [5.41, 5.74) is 8.38. The van der Waals surface area contributed by atoms with Crippen LogP contribution >= 0.6 is 0 Å². The fraction of sp³-hybridized carbons (Fsp3) is 0.429. The van der Waals surface area contributed by atoms with Gasteiger partial charge in [0, 0.05) is 25.2 Å². The molecule has 0 atom stereocenters. The maximum absolute atomic E-state index is 12.8. The summed E-state index contributed by atoms with van der Waals surface area (Å²) in [4.78, 5) is 38.2. The number of imide groups is 1. The SMILES string of the molecule is Nc1nc2c(c(N3CCC4(CC3)C(=O)NC(=O)N4Cc3ccccc3)n1)CCC2. The second-order valence-electron chi connectivity index (χ2n) is 8.03. The van der Waals surface area contributed by atoms with Crippen LogP contribution in [0.5, 0.6) is 0 Å². The number of nitrogens with two attached hydrogens (primary N) is 1. The Balaban J connectivity index is 1.39. The molecule has 0 radical (unpaired) electrons. The van der Waals surface area contributed by atoms with Gasteiger partial charge in [-0.15, -0.1) is 0 Å². The van der Waals surface area contributed by atoms with Crippen molar-refractivity contribution in [2.45, 2.75) is 44.2 Å². The van der Waals surface area contributed by atoms with E-state index in [9.17, 15) is 9.59 Å². The standard InChI is InChI=1S/C21H24N6O2/c22-19-23-16-8-4-7-15(16)17(24-19)26-11-9-21(10-12-26)18(28)25-20(29)27(21)13-14-5-2-1-3-6-14/h1-3,5-6H,4,7-13H2,(H2,22,23,24)(H,25,28,29). The first-order valence-corrected chi connectivity index (χ1v) is 10.1.